The third kappa shape index (κ3) is 5.77. The number of methoxy groups -OCH3 is 1. The summed E-state index contributed by atoms with van der Waals surface area (Å²) in [6.07, 6.45) is 2.22. The van der Waals surface area contributed by atoms with Gasteiger partial charge >= 0.3 is 0 Å². The molecule has 0 atom stereocenters. The van der Waals surface area contributed by atoms with Crippen molar-refractivity contribution in [2.45, 2.75) is 18.6 Å². The highest BCUT2D eigenvalue weighted by molar-refractivity contribution is 4.92. The summed E-state index contributed by atoms with van der Waals surface area (Å²) >= 11 is 0. The summed E-state index contributed by atoms with van der Waals surface area (Å²) in [6, 6.07) is 0. The highest BCUT2D eigenvalue weighted by atomic mass is 16.5. The fourth-order valence-corrected chi connectivity index (χ4v) is 1.41. The predicted molar refractivity (Wildman–Crippen MR) is 62.5 cm³/mol. The Hall–Kier alpha value is -0.200. The van der Waals surface area contributed by atoms with Crippen LogP contribution in [0.25, 0.3) is 0 Å². The Labute approximate surface area is 97.8 Å². The molecule has 1 fully saturated rings. The third-order valence-electron chi connectivity index (χ3n) is 2.66. The molecule has 1 rings (SSSR count). The van der Waals surface area contributed by atoms with Crippen LogP contribution in [0.1, 0.15) is 12.8 Å². The maximum absolute atomic E-state index is 5.42. The lowest BCUT2D eigenvalue weighted by Gasteiger charge is -2.15. The van der Waals surface area contributed by atoms with Crippen molar-refractivity contribution < 1.29 is 14.2 Å². The molecule has 0 aliphatic heterocycles. The first-order chi connectivity index (χ1) is 7.83. The minimum atomic E-state index is -0.0351. The van der Waals surface area contributed by atoms with Crippen LogP contribution in [0.15, 0.2) is 0 Å². The van der Waals surface area contributed by atoms with Crippen molar-refractivity contribution in [3.8, 4) is 0 Å². The average Bonchev–Trinajstić information content (AvgIpc) is 3.08. The van der Waals surface area contributed by atoms with Gasteiger partial charge in [-0.3, -0.25) is 5.32 Å². The number of nitrogens with one attached hydrogen (secondary N) is 2. The molecular formula is C11H24N2O3. The van der Waals surface area contributed by atoms with E-state index < -0.39 is 0 Å². The normalized spacial score (nSPS) is 17.6. The Morgan fingerprint density at radius 2 is 1.62 bits per heavy atom. The second-order valence-corrected chi connectivity index (χ2v) is 3.95. The van der Waals surface area contributed by atoms with E-state index in [0.717, 1.165) is 32.5 Å². The molecule has 1 saturated carbocycles. The number of hydrogen-bond donors (Lipinski definition) is 2. The van der Waals surface area contributed by atoms with Crippen molar-refractivity contribution in [3.63, 3.8) is 0 Å². The SMILES string of the molecule is CNCCOCCOCCNC1(OC)CC1. The lowest BCUT2D eigenvalue weighted by atomic mass is 10.5. The molecule has 5 nitrogen and oxygen atoms in total. The Morgan fingerprint density at radius 1 is 1.00 bits per heavy atom. The second kappa shape index (κ2) is 7.97. The van der Waals surface area contributed by atoms with Crippen LogP contribution in [0.5, 0.6) is 0 Å². The molecule has 0 heterocycles. The summed E-state index contributed by atoms with van der Waals surface area (Å²) in [5.41, 5.74) is -0.0351. The lowest BCUT2D eigenvalue weighted by Crippen LogP contribution is -2.35. The Kier molecular flexibility index (Phi) is 6.91. The van der Waals surface area contributed by atoms with Crippen LogP contribution in [0, 0.1) is 0 Å². The molecule has 0 amide bonds. The van der Waals surface area contributed by atoms with E-state index in [-0.39, 0.29) is 5.72 Å². The minimum Gasteiger partial charge on any atom is -0.378 e. The molecule has 0 bridgehead atoms. The van der Waals surface area contributed by atoms with Gasteiger partial charge in [-0.15, -0.1) is 0 Å². The molecule has 0 aromatic rings. The summed E-state index contributed by atoms with van der Waals surface area (Å²) in [7, 11) is 3.66. The van der Waals surface area contributed by atoms with E-state index in [9.17, 15) is 0 Å². The predicted octanol–water partition coefficient (Wildman–Crippen LogP) is -0.0349. The zero-order chi connectivity index (χ0) is 11.7. The van der Waals surface area contributed by atoms with E-state index in [2.05, 4.69) is 10.6 Å². The van der Waals surface area contributed by atoms with Crippen LogP contribution in [-0.4, -0.2) is 59.4 Å². The lowest BCUT2D eigenvalue weighted by molar-refractivity contribution is 0.0261. The molecule has 16 heavy (non-hydrogen) atoms. The van der Waals surface area contributed by atoms with Gasteiger partial charge in [0, 0.05) is 20.2 Å². The number of ether oxygens (including phenoxy) is 3. The molecule has 0 spiro atoms. The van der Waals surface area contributed by atoms with Crippen LogP contribution in [0.2, 0.25) is 0 Å². The van der Waals surface area contributed by atoms with Crippen molar-refractivity contribution in [2.24, 2.45) is 0 Å². The summed E-state index contributed by atoms with van der Waals surface area (Å²) in [6.45, 7) is 4.50. The van der Waals surface area contributed by atoms with Gasteiger partial charge < -0.3 is 19.5 Å². The van der Waals surface area contributed by atoms with Gasteiger partial charge in [0.15, 0.2) is 0 Å². The first-order valence-corrected chi connectivity index (χ1v) is 5.93. The standard InChI is InChI=1S/C11H24N2O3/c1-12-5-7-15-9-10-16-8-6-13-11(14-2)3-4-11/h12-13H,3-10H2,1-2H3. The highest BCUT2D eigenvalue weighted by Gasteiger charge is 2.42. The van der Waals surface area contributed by atoms with Crippen LogP contribution in [0.4, 0.5) is 0 Å². The monoisotopic (exact) mass is 232 g/mol. The molecule has 96 valence electrons. The molecule has 1 aliphatic rings. The van der Waals surface area contributed by atoms with Crippen LogP contribution in [-0.2, 0) is 14.2 Å². The molecule has 2 N–H and O–H groups in total. The third-order valence-corrected chi connectivity index (χ3v) is 2.66. The van der Waals surface area contributed by atoms with E-state index in [1.165, 1.54) is 0 Å². The van der Waals surface area contributed by atoms with Gasteiger partial charge in [-0.2, -0.15) is 0 Å². The largest absolute Gasteiger partial charge is 0.378 e. The van der Waals surface area contributed by atoms with Crippen molar-refractivity contribution in [1.29, 1.82) is 0 Å². The van der Waals surface area contributed by atoms with Gasteiger partial charge in [0.05, 0.1) is 26.4 Å². The molecule has 1 aliphatic carbocycles. The zero-order valence-electron chi connectivity index (χ0n) is 10.4. The zero-order valence-corrected chi connectivity index (χ0v) is 10.4. The summed E-state index contributed by atoms with van der Waals surface area (Å²) in [4.78, 5) is 0. The topological polar surface area (TPSA) is 51.8 Å². The Balaban J connectivity index is 1.75. The summed E-state index contributed by atoms with van der Waals surface area (Å²) in [5, 5.41) is 6.35. The fraction of sp³-hybridized carbons (Fsp3) is 1.00. The van der Waals surface area contributed by atoms with Gasteiger partial charge in [-0.25, -0.2) is 0 Å². The van der Waals surface area contributed by atoms with Crippen LogP contribution in [0.3, 0.4) is 0 Å². The summed E-state index contributed by atoms with van der Waals surface area (Å²) in [5.74, 6) is 0. The Morgan fingerprint density at radius 3 is 2.12 bits per heavy atom. The molecule has 0 radical (unpaired) electrons. The van der Waals surface area contributed by atoms with Crippen molar-refractivity contribution >= 4 is 0 Å². The number of hydrogen-bond acceptors (Lipinski definition) is 5. The maximum Gasteiger partial charge on any atom is 0.119 e. The smallest absolute Gasteiger partial charge is 0.119 e. The first-order valence-electron chi connectivity index (χ1n) is 5.93. The van der Waals surface area contributed by atoms with Crippen LogP contribution >= 0.6 is 0 Å². The number of likely N-dealkylation sites (N-methyl/N-ethyl adjacent to an activating group) is 1. The maximum atomic E-state index is 5.42. The first kappa shape index (κ1) is 13.9. The van der Waals surface area contributed by atoms with Gasteiger partial charge in [-0.1, -0.05) is 0 Å². The molecular weight excluding hydrogens is 208 g/mol. The van der Waals surface area contributed by atoms with E-state index in [0.29, 0.717) is 19.8 Å². The second-order valence-electron chi connectivity index (χ2n) is 3.95. The fourth-order valence-electron chi connectivity index (χ4n) is 1.41. The molecule has 0 unspecified atom stereocenters. The van der Waals surface area contributed by atoms with Crippen molar-refractivity contribution in [1.82, 2.24) is 10.6 Å². The minimum absolute atomic E-state index is 0.0351. The molecule has 5 heteroatoms. The van der Waals surface area contributed by atoms with Gasteiger partial charge in [0.2, 0.25) is 0 Å². The molecule has 0 aromatic heterocycles. The van der Waals surface area contributed by atoms with Gasteiger partial charge in [0.1, 0.15) is 5.72 Å². The van der Waals surface area contributed by atoms with E-state index in [4.69, 9.17) is 14.2 Å². The van der Waals surface area contributed by atoms with E-state index in [1.54, 1.807) is 7.11 Å². The van der Waals surface area contributed by atoms with Gasteiger partial charge in [0.25, 0.3) is 0 Å². The number of rotatable bonds is 11. The summed E-state index contributed by atoms with van der Waals surface area (Å²) < 4.78 is 16.1. The van der Waals surface area contributed by atoms with E-state index >= 15 is 0 Å². The highest BCUT2D eigenvalue weighted by Crippen LogP contribution is 2.35. The Bertz CT molecular complexity index is 175. The van der Waals surface area contributed by atoms with E-state index in [1.807, 2.05) is 7.05 Å². The quantitative estimate of drug-likeness (QED) is 0.387. The van der Waals surface area contributed by atoms with Crippen LogP contribution < -0.4 is 10.6 Å². The van der Waals surface area contributed by atoms with Gasteiger partial charge in [-0.05, 0) is 19.9 Å². The molecule has 0 aromatic carbocycles. The average molecular weight is 232 g/mol. The van der Waals surface area contributed by atoms with Crippen molar-refractivity contribution in [2.75, 3.05) is 53.7 Å². The van der Waals surface area contributed by atoms with Crippen molar-refractivity contribution in [3.05, 3.63) is 0 Å². The molecule has 0 saturated heterocycles.